The molecule has 0 fully saturated rings. The highest BCUT2D eigenvalue weighted by Gasteiger charge is 2.09. The molecule has 0 heterocycles. The number of benzene rings is 3. The minimum absolute atomic E-state index is 0.303. The minimum atomic E-state index is -1.28. The second-order valence-electron chi connectivity index (χ2n) is 6.09. The van der Waals surface area contributed by atoms with E-state index in [0.717, 1.165) is 16.5 Å². The molecule has 146 valence electrons. The van der Waals surface area contributed by atoms with E-state index in [0.29, 0.717) is 30.3 Å². The van der Waals surface area contributed by atoms with E-state index < -0.39 is 5.97 Å². The molecule has 0 saturated carbocycles. The maximum absolute atomic E-state index is 11.0. The Morgan fingerprint density at radius 1 is 1.00 bits per heavy atom. The second-order valence-corrected chi connectivity index (χ2v) is 6.09. The van der Waals surface area contributed by atoms with Gasteiger partial charge in [-0.25, -0.2) is 4.79 Å². The number of fused-ring (bicyclic) bond motifs is 1. The molecule has 0 bridgehead atoms. The largest absolute Gasteiger partial charge is 0.493 e. The Morgan fingerprint density at radius 2 is 1.76 bits per heavy atom. The number of nitrogens with zero attached hydrogens (tertiary/aromatic N) is 1. The van der Waals surface area contributed by atoms with Gasteiger partial charge in [0.1, 0.15) is 30.6 Å². The number of carboxylic acids is 1. The van der Waals surface area contributed by atoms with Crippen LogP contribution in [-0.2, 0) is 4.79 Å². The topological polar surface area (TPSA) is 88.8 Å². The quantitative estimate of drug-likeness (QED) is 0.351. The molecule has 0 unspecified atom stereocenters. The van der Waals surface area contributed by atoms with Crippen LogP contribution in [0.1, 0.15) is 5.56 Å². The molecular formula is C23H19NO5. The van der Waals surface area contributed by atoms with Gasteiger partial charge in [0.25, 0.3) is 0 Å². The van der Waals surface area contributed by atoms with Gasteiger partial charge in [0.05, 0.1) is 7.11 Å². The fourth-order valence-electron chi connectivity index (χ4n) is 2.77. The molecule has 0 aliphatic rings. The number of carboxylic acid groups (broad SMARTS) is 1. The molecule has 1 N–H and O–H groups in total. The summed E-state index contributed by atoms with van der Waals surface area (Å²) < 4.78 is 16.8. The van der Waals surface area contributed by atoms with Crippen molar-refractivity contribution in [3.63, 3.8) is 0 Å². The van der Waals surface area contributed by atoms with E-state index in [1.165, 1.54) is 13.2 Å². The Hall–Kier alpha value is -3.98. The first-order chi connectivity index (χ1) is 14.1. The lowest BCUT2D eigenvalue weighted by molar-refractivity contribution is -0.132. The SMILES string of the molecule is COc1cc(C=C(C#N)C(=O)O)ccc1OCCOc1ccc2ccccc2c1. The monoisotopic (exact) mass is 389 g/mol. The van der Waals surface area contributed by atoms with Crippen molar-refractivity contribution >= 4 is 22.8 Å². The Bertz CT molecular complexity index is 1100. The molecule has 0 aromatic heterocycles. The molecule has 0 aliphatic heterocycles. The van der Waals surface area contributed by atoms with Crippen LogP contribution >= 0.6 is 0 Å². The van der Waals surface area contributed by atoms with Crippen LogP contribution in [0.3, 0.4) is 0 Å². The average Bonchev–Trinajstić information content (AvgIpc) is 2.75. The Labute approximate surface area is 168 Å². The predicted molar refractivity (Wildman–Crippen MR) is 109 cm³/mol. The van der Waals surface area contributed by atoms with Crippen LogP contribution in [0.15, 0.2) is 66.2 Å². The summed E-state index contributed by atoms with van der Waals surface area (Å²) >= 11 is 0. The van der Waals surface area contributed by atoms with E-state index >= 15 is 0 Å². The first kappa shape index (κ1) is 19.8. The first-order valence-electron chi connectivity index (χ1n) is 8.88. The zero-order valence-corrected chi connectivity index (χ0v) is 15.8. The minimum Gasteiger partial charge on any atom is -0.493 e. The van der Waals surface area contributed by atoms with E-state index in [4.69, 9.17) is 24.6 Å². The number of rotatable bonds is 8. The molecule has 0 amide bonds. The number of hydrogen-bond donors (Lipinski definition) is 1. The van der Waals surface area contributed by atoms with Gasteiger partial charge in [0.15, 0.2) is 11.5 Å². The molecule has 6 heteroatoms. The smallest absolute Gasteiger partial charge is 0.346 e. The van der Waals surface area contributed by atoms with E-state index in [9.17, 15) is 4.79 Å². The summed E-state index contributed by atoms with van der Waals surface area (Å²) in [6.07, 6.45) is 1.28. The molecule has 0 radical (unpaired) electrons. The fraction of sp³-hybridized carbons (Fsp3) is 0.130. The molecule has 0 saturated heterocycles. The third-order valence-corrected chi connectivity index (χ3v) is 4.18. The van der Waals surface area contributed by atoms with Crippen LogP contribution in [-0.4, -0.2) is 31.4 Å². The van der Waals surface area contributed by atoms with Crippen LogP contribution in [0.25, 0.3) is 16.8 Å². The van der Waals surface area contributed by atoms with Crippen molar-refractivity contribution in [2.24, 2.45) is 0 Å². The van der Waals surface area contributed by atoms with Gasteiger partial charge < -0.3 is 19.3 Å². The molecule has 3 aromatic carbocycles. The normalized spacial score (nSPS) is 11.0. The van der Waals surface area contributed by atoms with Crippen molar-refractivity contribution in [3.8, 4) is 23.3 Å². The highest BCUT2D eigenvalue weighted by atomic mass is 16.5. The fourth-order valence-corrected chi connectivity index (χ4v) is 2.77. The average molecular weight is 389 g/mol. The number of ether oxygens (including phenoxy) is 3. The lowest BCUT2D eigenvalue weighted by atomic mass is 10.1. The van der Waals surface area contributed by atoms with E-state index in [1.807, 2.05) is 42.5 Å². The van der Waals surface area contributed by atoms with Gasteiger partial charge in [-0.3, -0.25) is 0 Å². The van der Waals surface area contributed by atoms with E-state index in [2.05, 4.69) is 0 Å². The van der Waals surface area contributed by atoms with Crippen LogP contribution in [0.2, 0.25) is 0 Å². The number of hydrogen-bond acceptors (Lipinski definition) is 5. The lowest BCUT2D eigenvalue weighted by Crippen LogP contribution is -2.09. The third kappa shape index (κ3) is 5.05. The van der Waals surface area contributed by atoms with Gasteiger partial charge in [0, 0.05) is 0 Å². The van der Waals surface area contributed by atoms with Gasteiger partial charge in [-0.05, 0) is 46.7 Å². The summed E-state index contributed by atoms with van der Waals surface area (Å²) in [5.41, 5.74) is 0.171. The van der Waals surface area contributed by atoms with Gasteiger partial charge in [0.2, 0.25) is 0 Å². The van der Waals surface area contributed by atoms with Crippen molar-refractivity contribution in [1.82, 2.24) is 0 Å². The molecule has 0 atom stereocenters. The summed E-state index contributed by atoms with van der Waals surface area (Å²) in [6.45, 7) is 0.650. The van der Waals surface area contributed by atoms with Crippen LogP contribution < -0.4 is 14.2 Å². The Kier molecular flexibility index (Phi) is 6.33. The maximum atomic E-state index is 11.0. The zero-order chi connectivity index (χ0) is 20.6. The number of aliphatic carboxylic acids is 1. The van der Waals surface area contributed by atoms with Gasteiger partial charge in [-0.2, -0.15) is 5.26 Å². The van der Waals surface area contributed by atoms with Gasteiger partial charge >= 0.3 is 5.97 Å². The van der Waals surface area contributed by atoms with Crippen LogP contribution in [0.4, 0.5) is 0 Å². The maximum Gasteiger partial charge on any atom is 0.346 e. The van der Waals surface area contributed by atoms with Crippen molar-refractivity contribution in [3.05, 3.63) is 71.8 Å². The number of methoxy groups -OCH3 is 1. The number of carbonyl (C=O) groups is 1. The standard InChI is InChI=1S/C23H19NO5/c1-27-22-13-16(12-19(15-24)23(25)26)6-9-21(22)29-11-10-28-20-8-7-17-4-2-3-5-18(17)14-20/h2-9,12-14H,10-11H2,1H3,(H,25,26). The second kappa shape index (κ2) is 9.29. The Balaban J connectivity index is 1.61. The third-order valence-electron chi connectivity index (χ3n) is 4.18. The molecule has 3 rings (SSSR count). The molecule has 3 aromatic rings. The summed E-state index contributed by atoms with van der Waals surface area (Å²) in [4.78, 5) is 11.0. The molecule has 0 aliphatic carbocycles. The highest BCUT2D eigenvalue weighted by Crippen LogP contribution is 2.29. The molecule has 0 spiro atoms. The van der Waals surface area contributed by atoms with Crippen molar-refractivity contribution in [1.29, 1.82) is 5.26 Å². The van der Waals surface area contributed by atoms with Crippen molar-refractivity contribution < 1.29 is 24.1 Å². The number of nitriles is 1. The van der Waals surface area contributed by atoms with E-state index in [-0.39, 0.29) is 5.57 Å². The van der Waals surface area contributed by atoms with Crippen LogP contribution in [0.5, 0.6) is 17.2 Å². The zero-order valence-electron chi connectivity index (χ0n) is 15.8. The molecule has 6 nitrogen and oxygen atoms in total. The Morgan fingerprint density at radius 3 is 2.48 bits per heavy atom. The summed E-state index contributed by atoms with van der Waals surface area (Å²) in [6, 6.07) is 20.5. The lowest BCUT2D eigenvalue weighted by Gasteiger charge is -2.12. The van der Waals surface area contributed by atoms with Gasteiger partial charge in [-0.15, -0.1) is 0 Å². The van der Waals surface area contributed by atoms with E-state index in [1.54, 1.807) is 24.3 Å². The first-order valence-corrected chi connectivity index (χ1v) is 8.88. The summed E-state index contributed by atoms with van der Waals surface area (Å²) in [5, 5.41) is 20.1. The van der Waals surface area contributed by atoms with Gasteiger partial charge in [-0.1, -0.05) is 36.4 Å². The van der Waals surface area contributed by atoms with Crippen molar-refractivity contribution in [2.45, 2.75) is 0 Å². The molecule has 29 heavy (non-hydrogen) atoms. The highest BCUT2D eigenvalue weighted by molar-refractivity contribution is 5.96. The molecular weight excluding hydrogens is 370 g/mol. The van der Waals surface area contributed by atoms with Crippen LogP contribution in [0, 0.1) is 11.3 Å². The van der Waals surface area contributed by atoms with Crippen molar-refractivity contribution in [2.75, 3.05) is 20.3 Å². The predicted octanol–water partition coefficient (Wildman–Crippen LogP) is 4.30. The summed E-state index contributed by atoms with van der Waals surface area (Å²) in [7, 11) is 1.49. The summed E-state index contributed by atoms with van der Waals surface area (Å²) in [5.74, 6) is 0.419.